The van der Waals surface area contributed by atoms with Crippen LogP contribution in [0.5, 0.6) is 0 Å². The topological polar surface area (TPSA) is 33.1 Å². The van der Waals surface area contributed by atoms with Crippen molar-refractivity contribution in [1.29, 1.82) is 0 Å². The van der Waals surface area contributed by atoms with Gasteiger partial charge in [-0.2, -0.15) is 0 Å². The Bertz CT molecular complexity index is 494. The molecule has 0 spiro atoms. The molecule has 2 nitrogen and oxygen atoms in total. The van der Waals surface area contributed by atoms with Crippen LogP contribution in [-0.4, -0.2) is 16.2 Å². The van der Waals surface area contributed by atoms with Crippen molar-refractivity contribution in [2.45, 2.75) is 57.5 Å². The molecular weight excluding hydrogens is 326 g/mol. The molecule has 0 amide bonds. The molecule has 0 aromatic carbocycles. The van der Waals surface area contributed by atoms with Crippen molar-refractivity contribution in [3.8, 4) is 0 Å². The summed E-state index contributed by atoms with van der Waals surface area (Å²) in [4.78, 5) is 4.21. The van der Waals surface area contributed by atoms with Crippen LogP contribution in [0, 0.1) is 23.2 Å². The van der Waals surface area contributed by atoms with Gasteiger partial charge in [-0.3, -0.25) is 4.98 Å². The number of aliphatic hydroxyl groups is 1. The summed E-state index contributed by atoms with van der Waals surface area (Å²) in [5, 5.41) is 10.6. The standard InChI is InChI=1S/C18H24BrNO/c19-16-4-15(10-20-11-16)5-17(21)9-18-6-12-1-13(7-18)3-14(2-12)8-18/h4,10-14,17,21H,1-3,5-9H2. The maximum atomic E-state index is 10.6. The highest BCUT2D eigenvalue weighted by Crippen LogP contribution is 2.61. The lowest BCUT2D eigenvalue weighted by atomic mass is 9.48. The van der Waals surface area contributed by atoms with E-state index < -0.39 is 0 Å². The molecule has 1 N–H and O–H groups in total. The minimum atomic E-state index is -0.211. The summed E-state index contributed by atoms with van der Waals surface area (Å²) < 4.78 is 1.00. The molecule has 1 unspecified atom stereocenters. The molecule has 4 bridgehead atoms. The molecule has 1 heterocycles. The molecule has 21 heavy (non-hydrogen) atoms. The van der Waals surface area contributed by atoms with Crippen molar-refractivity contribution < 1.29 is 5.11 Å². The second-order valence-corrected chi connectivity index (χ2v) is 8.91. The van der Waals surface area contributed by atoms with E-state index in [2.05, 4.69) is 27.0 Å². The van der Waals surface area contributed by atoms with E-state index in [1.54, 1.807) is 6.20 Å². The van der Waals surface area contributed by atoms with E-state index in [1.807, 2.05) is 6.20 Å². The predicted octanol–water partition coefficient (Wildman–Crippen LogP) is 4.35. The minimum absolute atomic E-state index is 0.211. The number of halogens is 1. The Kier molecular flexibility index (Phi) is 3.61. The fourth-order valence-electron chi connectivity index (χ4n) is 5.95. The van der Waals surface area contributed by atoms with Gasteiger partial charge >= 0.3 is 0 Å². The van der Waals surface area contributed by atoms with Gasteiger partial charge in [-0.1, -0.05) is 0 Å². The fraction of sp³-hybridized carbons (Fsp3) is 0.722. The van der Waals surface area contributed by atoms with Crippen LogP contribution in [0.1, 0.15) is 50.5 Å². The van der Waals surface area contributed by atoms with Crippen LogP contribution >= 0.6 is 15.9 Å². The van der Waals surface area contributed by atoms with Crippen molar-refractivity contribution in [3.05, 3.63) is 28.5 Å². The van der Waals surface area contributed by atoms with Gasteiger partial charge < -0.3 is 5.11 Å². The molecule has 4 saturated carbocycles. The molecule has 0 radical (unpaired) electrons. The second kappa shape index (κ2) is 5.34. The highest BCUT2D eigenvalue weighted by Gasteiger charge is 2.51. The average Bonchev–Trinajstić information content (AvgIpc) is 2.35. The van der Waals surface area contributed by atoms with Gasteiger partial charge in [-0.25, -0.2) is 0 Å². The third-order valence-corrected chi connectivity index (χ3v) is 6.50. The fourth-order valence-corrected chi connectivity index (χ4v) is 6.36. The largest absolute Gasteiger partial charge is 0.393 e. The molecule has 5 rings (SSSR count). The van der Waals surface area contributed by atoms with Gasteiger partial charge in [0.2, 0.25) is 0 Å². The van der Waals surface area contributed by atoms with Gasteiger partial charge in [0.15, 0.2) is 0 Å². The van der Waals surface area contributed by atoms with Gasteiger partial charge in [-0.15, -0.1) is 0 Å². The van der Waals surface area contributed by atoms with Crippen LogP contribution in [0.2, 0.25) is 0 Å². The molecule has 4 fully saturated rings. The van der Waals surface area contributed by atoms with E-state index in [4.69, 9.17) is 0 Å². The number of hydrogen-bond donors (Lipinski definition) is 1. The van der Waals surface area contributed by atoms with Crippen molar-refractivity contribution in [2.24, 2.45) is 23.2 Å². The first-order valence-electron chi connectivity index (χ1n) is 8.38. The molecule has 3 heteroatoms. The number of rotatable bonds is 4. The van der Waals surface area contributed by atoms with E-state index in [1.165, 1.54) is 38.5 Å². The van der Waals surface area contributed by atoms with Crippen molar-refractivity contribution in [3.63, 3.8) is 0 Å². The summed E-state index contributed by atoms with van der Waals surface area (Å²) in [6, 6.07) is 2.08. The normalized spacial score (nSPS) is 38.7. The lowest BCUT2D eigenvalue weighted by molar-refractivity contribution is -0.0756. The molecule has 4 aliphatic rings. The Balaban J connectivity index is 1.43. The van der Waals surface area contributed by atoms with Crippen LogP contribution < -0.4 is 0 Å². The maximum absolute atomic E-state index is 10.6. The summed E-state index contributed by atoms with van der Waals surface area (Å²) in [5.74, 6) is 2.91. The second-order valence-electron chi connectivity index (χ2n) is 7.99. The summed E-state index contributed by atoms with van der Waals surface area (Å²) in [5.41, 5.74) is 1.61. The van der Waals surface area contributed by atoms with E-state index >= 15 is 0 Å². The zero-order valence-electron chi connectivity index (χ0n) is 12.5. The number of aliphatic hydroxyl groups excluding tert-OH is 1. The third-order valence-electron chi connectivity index (χ3n) is 6.07. The summed E-state index contributed by atoms with van der Waals surface area (Å²) in [6.07, 6.45) is 13.8. The molecule has 0 saturated heterocycles. The summed E-state index contributed by atoms with van der Waals surface area (Å²) >= 11 is 3.46. The molecule has 1 aromatic rings. The quantitative estimate of drug-likeness (QED) is 0.876. The van der Waals surface area contributed by atoms with E-state index in [9.17, 15) is 5.11 Å². The van der Waals surface area contributed by atoms with Crippen LogP contribution in [-0.2, 0) is 6.42 Å². The van der Waals surface area contributed by atoms with Crippen molar-refractivity contribution in [2.75, 3.05) is 0 Å². The molecule has 4 aliphatic carbocycles. The summed E-state index contributed by atoms with van der Waals surface area (Å²) in [6.45, 7) is 0. The van der Waals surface area contributed by atoms with E-state index in [-0.39, 0.29) is 6.10 Å². The van der Waals surface area contributed by atoms with Crippen LogP contribution in [0.4, 0.5) is 0 Å². The molecule has 114 valence electrons. The average molecular weight is 350 g/mol. The highest BCUT2D eigenvalue weighted by atomic mass is 79.9. The number of nitrogens with zero attached hydrogens (tertiary/aromatic N) is 1. The zero-order chi connectivity index (χ0) is 14.4. The molecule has 1 atom stereocenters. The van der Waals surface area contributed by atoms with Crippen LogP contribution in [0.15, 0.2) is 22.9 Å². The molecule has 0 aliphatic heterocycles. The Morgan fingerprint density at radius 3 is 2.33 bits per heavy atom. The zero-order valence-corrected chi connectivity index (χ0v) is 14.1. The SMILES string of the molecule is OC(Cc1cncc(Br)c1)CC12CC3CC(CC(C3)C1)C2. The first kappa shape index (κ1) is 14.2. The smallest absolute Gasteiger partial charge is 0.0586 e. The van der Waals surface area contributed by atoms with Crippen LogP contribution in [0.3, 0.4) is 0 Å². The van der Waals surface area contributed by atoms with E-state index in [0.29, 0.717) is 5.41 Å². The van der Waals surface area contributed by atoms with Crippen molar-refractivity contribution in [1.82, 2.24) is 4.98 Å². The van der Waals surface area contributed by atoms with E-state index in [0.717, 1.165) is 40.6 Å². The minimum Gasteiger partial charge on any atom is -0.393 e. The molecule has 1 aromatic heterocycles. The van der Waals surface area contributed by atoms with Gasteiger partial charge in [0, 0.05) is 16.9 Å². The lowest BCUT2D eigenvalue weighted by Gasteiger charge is -2.57. The number of hydrogen-bond acceptors (Lipinski definition) is 2. The monoisotopic (exact) mass is 349 g/mol. The van der Waals surface area contributed by atoms with Gasteiger partial charge in [-0.05, 0) is 102 Å². The first-order valence-corrected chi connectivity index (χ1v) is 9.17. The predicted molar refractivity (Wildman–Crippen MR) is 86.9 cm³/mol. The number of pyridine rings is 1. The maximum Gasteiger partial charge on any atom is 0.0586 e. The Hall–Kier alpha value is -0.410. The van der Waals surface area contributed by atoms with Crippen molar-refractivity contribution >= 4 is 15.9 Å². The third kappa shape index (κ3) is 2.92. The Morgan fingerprint density at radius 2 is 1.76 bits per heavy atom. The van der Waals surface area contributed by atoms with Gasteiger partial charge in [0.25, 0.3) is 0 Å². The van der Waals surface area contributed by atoms with Crippen LogP contribution in [0.25, 0.3) is 0 Å². The first-order chi connectivity index (χ1) is 10.1. The number of aromatic nitrogens is 1. The molecular formula is C18H24BrNO. The van der Waals surface area contributed by atoms with Gasteiger partial charge in [0.1, 0.15) is 0 Å². The van der Waals surface area contributed by atoms with Gasteiger partial charge in [0.05, 0.1) is 6.10 Å². The highest BCUT2D eigenvalue weighted by molar-refractivity contribution is 9.10. The Morgan fingerprint density at radius 1 is 1.14 bits per heavy atom. The summed E-state index contributed by atoms with van der Waals surface area (Å²) in [7, 11) is 0. The lowest BCUT2D eigenvalue weighted by Crippen LogP contribution is -2.47. The Labute approximate surface area is 135 Å².